The van der Waals surface area contributed by atoms with Crippen LogP contribution in [0.1, 0.15) is 30.3 Å². The van der Waals surface area contributed by atoms with Crippen molar-refractivity contribution < 1.29 is 8.81 Å². The lowest BCUT2D eigenvalue weighted by molar-refractivity contribution is 0.213. The van der Waals surface area contributed by atoms with Crippen molar-refractivity contribution in [3.8, 4) is 11.6 Å². The molecule has 0 N–H and O–H groups in total. The van der Waals surface area contributed by atoms with Crippen LogP contribution in [0, 0.1) is 5.82 Å². The van der Waals surface area contributed by atoms with Gasteiger partial charge in [0.05, 0.1) is 12.2 Å². The summed E-state index contributed by atoms with van der Waals surface area (Å²) in [4.78, 5) is 10.3. The van der Waals surface area contributed by atoms with E-state index in [0.29, 0.717) is 29.6 Å². The molecule has 0 spiro atoms. The van der Waals surface area contributed by atoms with Gasteiger partial charge >= 0.3 is 0 Å². The molecule has 6 nitrogen and oxygen atoms in total. The molecule has 1 saturated heterocycles. The highest BCUT2D eigenvalue weighted by Crippen LogP contribution is 2.33. The van der Waals surface area contributed by atoms with Crippen molar-refractivity contribution in [2.24, 2.45) is 0 Å². The minimum absolute atomic E-state index is 0.00234. The number of likely N-dealkylation sites (tertiary alicyclic amines) is 1. The van der Waals surface area contributed by atoms with Crippen LogP contribution in [0.25, 0.3) is 11.6 Å². The average molecular weight is 325 g/mol. The number of hydrogen-bond acceptors (Lipinski definition) is 6. The third-order valence-electron chi connectivity index (χ3n) is 4.20. The Hall–Kier alpha value is -2.67. The molecule has 0 bridgehead atoms. The monoisotopic (exact) mass is 325 g/mol. The van der Waals surface area contributed by atoms with Gasteiger partial charge in [-0.1, -0.05) is 18.2 Å². The van der Waals surface area contributed by atoms with Crippen molar-refractivity contribution in [2.45, 2.75) is 25.4 Å². The molecule has 0 unspecified atom stereocenters. The Labute approximate surface area is 138 Å². The molecule has 7 heteroatoms. The molecule has 1 aromatic carbocycles. The first-order valence-electron chi connectivity index (χ1n) is 7.88. The second-order valence-electron chi connectivity index (χ2n) is 5.76. The van der Waals surface area contributed by atoms with Gasteiger partial charge in [-0.25, -0.2) is 9.37 Å². The zero-order valence-corrected chi connectivity index (χ0v) is 13.0. The van der Waals surface area contributed by atoms with Gasteiger partial charge in [0, 0.05) is 24.5 Å². The molecule has 122 valence electrons. The molecule has 3 aromatic rings. The predicted molar refractivity (Wildman–Crippen MR) is 84.1 cm³/mol. The van der Waals surface area contributed by atoms with Crippen LogP contribution >= 0.6 is 0 Å². The van der Waals surface area contributed by atoms with Gasteiger partial charge in [0.1, 0.15) is 11.5 Å². The molecular formula is C17H16FN5O. The molecule has 4 rings (SSSR count). The fourth-order valence-corrected chi connectivity index (χ4v) is 3.02. The second-order valence-corrected chi connectivity index (χ2v) is 5.76. The quantitative estimate of drug-likeness (QED) is 0.734. The Morgan fingerprint density at radius 1 is 1.21 bits per heavy atom. The van der Waals surface area contributed by atoms with Crippen molar-refractivity contribution >= 4 is 0 Å². The van der Waals surface area contributed by atoms with Gasteiger partial charge in [0.25, 0.3) is 5.89 Å². The van der Waals surface area contributed by atoms with E-state index < -0.39 is 0 Å². The van der Waals surface area contributed by atoms with Crippen molar-refractivity contribution in [1.29, 1.82) is 0 Å². The summed E-state index contributed by atoms with van der Waals surface area (Å²) in [5.74, 6) is 0.717. The Morgan fingerprint density at radius 3 is 2.96 bits per heavy atom. The second kappa shape index (κ2) is 6.45. The van der Waals surface area contributed by atoms with Crippen LogP contribution in [0.2, 0.25) is 0 Å². The maximum atomic E-state index is 13.9. The van der Waals surface area contributed by atoms with E-state index in [2.05, 4.69) is 25.1 Å². The van der Waals surface area contributed by atoms with E-state index in [9.17, 15) is 4.39 Å². The average Bonchev–Trinajstić information content (AvgIpc) is 3.27. The summed E-state index contributed by atoms with van der Waals surface area (Å²) in [5.41, 5.74) is 1.23. The third kappa shape index (κ3) is 2.90. The van der Waals surface area contributed by atoms with Gasteiger partial charge in [-0.05, 0) is 25.5 Å². The molecule has 1 aliphatic heterocycles. The van der Waals surface area contributed by atoms with E-state index in [0.717, 1.165) is 19.4 Å². The molecule has 0 aliphatic carbocycles. The number of hydrogen-bond donors (Lipinski definition) is 0. The summed E-state index contributed by atoms with van der Waals surface area (Å²) in [6.45, 7) is 1.40. The zero-order chi connectivity index (χ0) is 16.4. The van der Waals surface area contributed by atoms with E-state index in [1.807, 2.05) is 12.1 Å². The first-order valence-corrected chi connectivity index (χ1v) is 7.88. The summed E-state index contributed by atoms with van der Waals surface area (Å²) in [6.07, 6.45) is 6.69. The highest BCUT2D eigenvalue weighted by Gasteiger charge is 2.31. The Kier molecular flexibility index (Phi) is 4.00. The highest BCUT2D eigenvalue weighted by molar-refractivity contribution is 5.43. The summed E-state index contributed by atoms with van der Waals surface area (Å²) in [5, 5.41) is 8.24. The fourth-order valence-electron chi connectivity index (χ4n) is 3.02. The number of nitrogens with zero attached hydrogens (tertiary/aromatic N) is 5. The third-order valence-corrected chi connectivity index (χ3v) is 4.20. The van der Waals surface area contributed by atoms with Gasteiger partial charge in [-0.3, -0.25) is 9.88 Å². The molecule has 2 aromatic heterocycles. The predicted octanol–water partition coefficient (Wildman–Crippen LogP) is 3.00. The van der Waals surface area contributed by atoms with E-state index >= 15 is 0 Å². The van der Waals surface area contributed by atoms with Crippen molar-refractivity contribution in [3.05, 3.63) is 60.1 Å². The van der Waals surface area contributed by atoms with E-state index in [1.165, 1.54) is 6.07 Å². The normalized spacial score (nSPS) is 18.1. The van der Waals surface area contributed by atoms with Crippen LogP contribution in [0.15, 0.2) is 47.3 Å². The van der Waals surface area contributed by atoms with Gasteiger partial charge in [0.2, 0.25) is 5.89 Å². The first-order chi connectivity index (χ1) is 11.8. The molecule has 0 saturated carbocycles. The maximum absolute atomic E-state index is 13.9. The van der Waals surface area contributed by atoms with E-state index in [1.54, 1.807) is 24.7 Å². The summed E-state index contributed by atoms with van der Waals surface area (Å²) in [6, 6.07) is 6.85. The minimum Gasteiger partial charge on any atom is -0.417 e. The first kappa shape index (κ1) is 14.9. The lowest BCUT2D eigenvalue weighted by atomic mass is 10.1. The highest BCUT2D eigenvalue weighted by atomic mass is 19.1. The Morgan fingerprint density at radius 2 is 2.12 bits per heavy atom. The van der Waals surface area contributed by atoms with Gasteiger partial charge in [0.15, 0.2) is 0 Å². The molecular weight excluding hydrogens is 309 g/mol. The van der Waals surface area contributed by atoms with Crippen LogP contribution in [-0.2, 0) is 6.54 Å². The standard InChI is InChI=1S/C17H16FN5O/c18-13-5-2-1-4-12(13)11-23-9-3-6-15(23)17-22-21-16(24-17)14-10-19-7-8-20-14/h1-2,4-5,7-8,10,15H,3,6,9,11H2/t15-/m1/s1. The number of halogens is 1. The van der Waals surface area contributed by atoms with Crippen LogP contribution < -0.4 is 0 Å². The lowest BCUT2D eigenvalue weighted by Crippen LogP contribution is -2.23. The summed E-state index contributed by atoms with van der Waals surface area (Å²) in [7, 11) is 0. The SMILES string of the molecule is Fc1ccccc1CN1CCC[C@@H]1c1nnc(-c2cnccn2)o1. The summed E-state index contributed by atoms with van der Waals surface area (Å²) < 4.78 is 19.7. The van der Waals surface area contributed by atoms with E-state index in [-0.39, 0.29) is 11.9 Å². The molecule has 0 amide bonds. The molecule has 1 atom stereocenters. The van der Waals surface area contributed by atoms with Crippen molar-refractivity contribution in [3.63, 3.8) is 0 Å². The number of benzene rings is 1. The summed E-state index contributed by atoms with van der Waals surface area (Å²) >= 11 is 0. The number of rotatable bonds is 4. The van der Waals surface area contributed by atoms with Crippen LogP contribution in [0.3, 0.4) is 0 Å². The minimum atomic E-state index is -0.186. The van der Waals surface area contributed by atoms with E-state index in [4.69, 9.17) is 4.42 Å². The Bertz CT molecular complexity index is 823. The largest absolute Gasteiger partial charge is 0.417 e. The van der Waals surface area contributed by atoms with Gasteiger partial charge in [-0.15, -0.1) is 10.2 Å². The van der Waals surface area contributed by atoms with Crippen molar-refractivity contribution in [2.75, 3.05) is 6.54 Å². The Balaban J connectivity index is 1.55. The van der Waals surface area contributed by atoms with Gasteiger partial charge < -0.3 is 4.42 Å². The smallest absolute Gasteiger partial charge is 0.267 e. The molecule has 24 heavy (non-hydrogen) atoms. The molecule has 0 radical (unpaired) electrons. The number of aromatic nitrogens is 4. The topological polar surface area (TPSA) is 67.9 Å². The fraction of sp³-hybridized carbons (Fsp3) is 0.294. The molecule has 3 heterocycles. The molecule has 1 aliphatic rings. The molecule has 1 fully saturated rings. The van der Waals surface area contributed by atoms with Crippen LogP contribution in [0.4, 0.5) is 4.39 Å². The van der Waals surface area contributed by atoms with Crippen molar-refractivity contribution in [1.82, 2.24) is 25.1 Å². The lowest BCUT2D eigenvalue weighted by Gasteiger charge is -2.21. The van der Waals surface area contributed by atoms with Gasteiger partial charge in [-0.2, -0.15) is 0 Å². The maximum Gasteiger partial charge on any atom is 0.267 e. The van der Waals surface area contributed by atoms with Crippen LogP contribution in [-0.4, -0.2) is 31.6 Å². The zero-order valence-electron chi connectivity index (χ0n) is 13.0. The van der Waals surface area contributed by atoms with Crippen LogP contribution in [0.5, 0.6) is 0 Å².